The number of amides is 2. The number of hydrogen-bond donors (Lipinski definition) is 1. The molecular formula is C30H34Cl3N3O5S. The zero-order valence-electron chi connectivity index (χ0n) is 24.0. The second-order valence-electron chi connectivity index (χ2n) is 10.5. The van der Waals surface area contributed by atoms with Crippen molar-refractivity contribution in [2.75, 3.05) is 18.0 Å². The summed E-state index contributed by atoms with van der Waals surface area (Å²) in [5, 5.41) is 3.94. The minimum Gasteiger partial charge on any atom is -0.497 e. The van der Waals surface area contributed by atoms with Gasteiger partial charge in [-0.05, 0) is 87.9 Å². The van der Waals surface area contributed by atoms with Crippen LogP contribution in [0.1, 0.15) is 39.7 Å². The van der Waals surface area contributed by atoms with E-state index in [0.717, 1.165) is 4.31 Å². The highest BCUT2D eigenvalue weighted by Gasteiger charge is 2.35. The Kier molecular flexibility index (Phi) is 11.2. The van der Waals surface area contributed by atoms with Gasteiger partial charge in [0.05, 0.1) is 17.7 Å². The van der Waals surface area contributed by atoms with Crippen molar-refractivity contribution in [2.45, 2.75) is 57.1 Å². The Labute approximate surface area is 262 Å². The molecule has 0 aliphatic heterocycles. The summed E-state index contributed by atoms with van der Waals surface area (Å²) in [6, 6.07) is 15.9. The average molecular weight is 655 g/mol. The fourth-order valence-corrected chi connectivity index (χ4v) is 6.29. The number of rotatable bonds is 11. The van der Waals surface area contributed by atoms with Crippen LogP contribution >= 0.6 is 34.8 Å². The number of ether oxygens (including phenoxy) is 1. The van der Waals surface area contributed by atoms with Crippen LogP contribution in [0.4, 0.5) is 5.69 Å². The van der Waals surface area contributed by atoms with E-state index < -0.39 is 40.0 Å². The van der Waals surface area contributed by atoms with Crippen LogP contribution in [0.3, 0.4) is 0 Å². The van der Waals surface area contributed by atoms with Crippen molar-refractivity contribution < 1.29 is 22.7 Å². The first-order valence-electron chi connectivity index (χ1n) is 13.1. The number of nitrogens with one attached hydrogen (secondary N) is 1. The lowest BCUT2D eigenvalue weighted by molar-refractivity contribution is -0.141. The van der Waals surface area contributed by atoms with E-state index in [-0.39, 0.29) is 23.5 Å². The highest BCUT2D eigenvalue weighted by atomic mass is 35.5. The minimum atomic E-state index is -4.26. The SMILES string of the molecule is CC[C@H](C(=O)NC(C)(C)C)N(Cc1c(Cl)cccc1Cl)C(=O)CN(c1ccc(Cl)cc1)S(=O)(=O)c1ccc(OC)cc1. The Bertz CT molecular complexity index is 1490. The minimum absolute atomic E-state index is 0.0516. The molecule has 0 radical (unpaired) electrons. The molecule has 3 aromatic rings. The first-order valence-corrected chi connectivity index (χ1v) is 15.7. The first kappa shape index (κ1) is 33.5. The number of carbonyl (C=O) groups is 2. The predicted molar refractivity (Wildman–Crippen MR) is 168 cm³/mol. The monoisotopic (exact) mass is 653 g/mol. The van der Waals surface area contributed by atoms with E-state index >= 15 is 0 Å². The summed E-state index contributed by atoms with van der Waals surface area (Å²) in [4.78, 5) is 28.9. The van der Waals surface area contributed by atoms with Crippen molar-refractivity contribution in [1.29, 1.82) is 0 Å². The fraction of sp³-hybridized carbons (Fsp3) is 0.333. The summed E-state index contributed by atoms with van der Waals surface area (Å²) in [7, 11) is -2.78. The average Bonchev–Trinajstić information content (AvgIpc) is 2.92. The molecule has 0 aliphatic carbocycles. The largest absolute Gasteiger partial charge is 0.497 e. The molecule has 0 aromatic heterocycles. The van der Waals surface area contributed by atoms with Crippen molar-refractivity contribution in [3.05, 3.63) is 87.4 Å². The molecule has 12 heteroatoms. The number of anilines is 1. The molecule has 0 saturated carbocycles. The molecule has 0 fully saturated rings. The lowest BCUT2D eigenvalue weighted by Gasteiger charge is -2.35. The third kappa shape index (κ3) is 8.31. The highest BCUT2D eigenvalue weighted by Crippen LogP contribution is 2.30. The molecule has 8 nitrogen and oxygen atoms in total. The third-order valence-corrected chi connectivity index (χ3v) is 9.06. The molecule has 1 N–H and O–H groups in total. The predicted octanol–water partition coefficient (Wildman–Crippen LogP) is 6.57. The van der Waals surface area contributed by atoms with Crippen molar-refractivity contribution in [2.24, 2.45) is 0 Å². The molecule has 0 saturated heterocycles. The number of methoxy groups -OCH3 is 1. The number of sulfonamides is 1. The van der Waals surface area contributed by atoms with E-state index in [2.05, 4.69) is 5.32 Å². The zero-order chi connectivity index (χ0) is 31.2. The maximum atomic E-state index is 14.2. The lowest BCUT2D eigenvalue weighted by atomic mass is 10.1. The normalized spacial score (nSPS) is 12.4. The van der Waals surface area contributed by atoms with E-state index in [1.165, 1.54) is 60.5 Å². The van der Waals surface area contributed by atoms with Gasteiger partial charge in [0, 0.05) is 32.7 Å². The van der Waals surface area contributed by atoms with Crippen LogP contribution in [-0.4, -0.2) is 50.4 Å². The molecule has 0 bridgehead atoms. The van der Waals surface area contributed by atoms with Gasteiger partial charge in [0.25, 0.3) is 10.0 Å². The summed E-state index contributed by atoms with van der Waals surface area (Å²) in [6.45, 7) is 6.53. The number of hydrogen-bond acceptors (Lipinski definition) is 5. The molecule has 226 valence electrons. The molecule has 3 rings (SSSR count). The van der Waals surface area contributed by atoms with E-state index in [1.54, 1.807) is 25.1 Å². The van der Waals surface area contributed by atoms with Crippen molar-refractivity contribution in [1.82, 2.24) is 10.2 Å². The molecule has 1 atom stereocenters. The van der Waals surface area contributed by atoms with Crippen molar-refractivity contribution >= 4 is 62.3 Å². The van der Waals surface area contributed by atoms with Crippen LogP contribution in [0.25, 0.3) is 0 Å². The third-order valence-electron chi connectivity index (χ3n) is 6.32. The van der Waals surface area contributed by atoms with Gasteiger partial charge >= 0.3 is 0 Å². The Balaban J connectivity index is 2.11. The summed E-state index contributed by atoms with van der Waals surface area (Å²) < 4.78 is 34.1. The Morgan fingerprint density at radius 1 is 0.929 bits per heavy atom. The van der Waals surface area contributed by atoms with Gasteiger partial charge in [0.15, 0.2) is 0 Å². The van der Waals surface area contributed by atoms with Gasteiger partial charge < -0.3 is 15.0 Å². The van der Waals surface area contributed by atoms with Gasteiger partial charge in [-0.3, -0.25) is 13.9 Å². The van der Waals surface area contributed by atoms with Crippen LogP contribution in [0.5, 0.6) is 5.75 Å². The molecule has 0 unspecified atom stereocenters. The van der Waals surface area contributed by atoms with Crippen LogP contribution in [0.2, 0.25) is 15.1 Å². The van der Waals surface area contributed by atoms with E-state index in [1.807, 2.05) is 20.8 Å². The van der Waals surface area contributed by atoms with E-state index in [4.69, 9.17) is 39.5 Å². The summed E-state index contributed by atoms with van der Waals surface area (Å²) >= 11 is 19.0. The Morgan fingerprint density at radius 3 is 2.00 bits per heavy atom. The van der Waals surface area contributed by atoms with Gasteiger partial charge in [0.1, 0.15) is 18.3 Å². The maximum Gasteiger partial charge on any atom is 0.264 e. The van der Waals surface area contributed by atoms with Crippen LogP contribution in [0.15, 0.2) is 71.6 Å². The second kappa shape index (κ2) is 14.0. The summed E-state index contributed by atoms with van der Waals surface area (Å²) in [6.07, 6.45) is 0.252. The number of benzene rings is 3. The molecule has 0 aliphatic rings. The van der Waals surface area contributed by atoms with Crippen molar-refractivity contribution in [3.8, 4) is 5.75 Å². The Hall–Kier alpha value is -2.98. The summed E-state index contributed by atoms with van der Waals surface area (Å²) in [5.41, 5.74) is 0.0765. The molecular weight excluding hydrogens is 621 g/mol. The quantitative estimate of drug-likeness (QED) is 0.252. The summed E-state index contributed by atoms with van der Waals surface area (Å²) in [5.74, 6) is -0.548. The number of halogens is 3. The number of nitrogens with zero attached hydrogens (tertiary/aromatic N) is 2. The molecule has 3 aromatic carbocycles. The standard InChI is InChI=1S/C30H34Cl3N3O5S/c1-6-27(29(38)34-30(2,3)4)35(18-24-25(32)8-7-9-26(24)33)28(37)19-36(21-12-10-20(31)11-13-21)42(39,40)23-16-14-22(41-5)15-17-23/h7-17,27H,6,18-19H2,1-5H3,(H,34,38)/t27-/m1/s1. The second-order valence-corrected chi connectivity index (χ2v) is 13.7. The molecule has 42 heavy (non-hydrogen) atoms. The fourth-order valence-electron chi connectivity index (χ4n) is 4.24. The van der Waals surface area contributed by atoms with Gasteiger partial charge in [-0.15, -0.1) is 0 Å². The van der Waals surface area contributed by atoms with E-state index in [9.17, 15) is 18.0 Å². The van der Waals surface area contributed by atoms with Gasteiger partial charge in [-0.1, -0.05) is 47.8 Å². The smallest absolute Gasteiger partial charge is 0.264 e. The lowest BCUT2D eigenvalue weighted by Crippen LogP contribution is -2.55. The van der Waals surface area contributed by atoms with Crippen molar-refractivity contribution in [3.63, 3.8) is 0 Å². The molecule has 0 heterocycles. The molecule has 2 amide bonds. The van der Waals surface area contributed by atoms with Crippen LogP contribution < -0.4 is 14.4 Å². The highest BCUT2D eigenvalue weighted by molar-refractivity contribution is 7.92. The van der Waals surface area contributed by atoms with Gasteiger partial charge in [-0.25, -0.2) is 8.42 Å². The zero-order valence-corrected chi connectivity index (χ0v) is 27.1. The van der Waals surface area contributed by atoms with Crippen LogP contribution in [-0.2, 0) is 26.2 Å². The van der Waals surface area contributed by atoms with E-state index in [0.29, 0.717) is 26.4 Å². The van der Waals surface area contributed by atoms with Gasteiger partial charge in [-0.2, -0.15) is 0 Å². The molecule has 0 spiro atoms. The maximum absolute atomic E-state index is 14.2. The Morgan fingerprint density at radius 2 is 1.50 bits per heavy atom. The topological polar surface area (TPSA) is 96.0 Å². The first-order chi connectivity index (χ1) is 19.7. The van der Waals surface area contributed by atoms with Crippen LogP contribution in [0, 0.1) is 0 Å². The number of carbonyl (C=O) groups excluding carboxylic acids is 2. The van der Waals surface area contributed by atoms with Gasteiger partial charge in [0.2, 0.25) is 11.8 Å².